The van der Waals surface area contributed by atoms with E-state index in [0.717, 1.165) is 11.4 Å². The monoisotopic (exact) mass is 311 g/mol. The van der Waals surface area contributed by atoms with Gasteiger partial charge < -0.3 is 9.73 Å². The lowest BCUT2D eigenvalue weighted by molar-refractivity contribution is 0.0912. The summed E-state index contributed by atoms with van der Waals surface area (Å²) in [5.41, 5.74) is 2.02. The Morgan fingerprint density at radius 1 is 1.35 bits per heavy atom. The van der Waals surface area contributed by atoms with Crippen molar-refractivity contribution in [2.24, 2.45) is 0 Å². The average molecular weight is 311 g/mol. The van der Waals surface area contributed by atoms with Crippen molar-refractivity contribution in [2.45, 2.75) is 26.3 Å². The predicted molar refractivity (Wildman–Crippen MR) is 86.4 cm³/mol. The molecule has 1 atom stereocenters. The summed E-state index contributed by atoms with van der Waals surface area (Å²) < 4.78 is 5.53. The fraction of sp³-hybridized carbons (Fsp3) is 0.235. The molecule has 0 aliphatic carbocycles. The zero-order chi connectivity index (χ0) is 16.4. The Kier molecular flexibility index (Phi) is 3.97. The van der Waals surface area contributed by atoms with Crippen LogP contribution in [0.15, 0.2) is 45.6 Å². The summed E-state index contributed by atoms with van der Waals surface area (Å²) in [4.78, 5) is 24.3. The molecular formula is C17H17N3O3. The molecule has 3 aromatic rings. The number of fused-ring (bicyclic) bond motifs is 1. The van der Waals surface area contributed by atoms with Crippen LogP contribution in [0, 0.1) is 6.92 Å². The van der Waals surface area contributed by atoms with E-state index < -0.39 is 5.91 Å². The van der Waals surface area contributed by atoms with Gasteiger partial charge in [0.15, 0.2) is 11.2 Å². The molecule has 2 aromatic heterocycles. The van der Waals surface area contributed by atoms with Gasteiger partial charge in [0.1, 0.15) is 5.58 Å². The van der Waals surface area contributed by atoms with Crippen molar-refractivity contribution >= 4 is 16.9 Å². The van der Waals surface area contributed by atoms with Crippen LogP contribution in [0.5, 0.6) is 0 Å². The number of carbonyl (C=O) groups excluding carboxylic acids is 1. The van der Waals surface area contributed by atoms with Gasteiger partial charge in [0.25, 0.3) is 5.91 Å². The molecule has 2 heterocycles. The van der Waals surface area contributed by atoms with Crippen LogP contribution < -0.4 is 10.7 Å². The molecule has 0 bridgehead atoms. The number of amides is 1. The number of aryl methyl sites for hydroxylation is 1. The highest BCUT2D eigenvalue weighted by atomic mass is 16.3. The molecule has 6 heteroatoms. The zero-order valence-corrected chi connectivity index (χ0v) is 12.9. The highest BCUT2D eigenvalue weighted by Gasteiger charge is 2.15. The SMILES string of the molecule is Cc1cc(C[C@H](C)NC(=O)c2cc(=O)c3ccccc3o2)n[nH]1. The summed E-state index contributed by atoms with van der Waals surface area (Å²) in [5, 5.41) is 10.3. The molecule has 1 aromatic carbocycles. The van der Waals surface area contributed by atoms with Crippen molar-refractivity contribution in [1.82, 2.24) is 15.5 Å². The van der Waals surface area contributed by atoms with Crippen molar-refractivity contribution in [2.75, 3.05) is 0 Å². The fourth-order valence-corrected chi connectivity index (χ4v) is 2.45. The van der Waals surface area contributed by atoms with E-state index in [4.69, 9.17) is 4.42 Å². The maximum Gasteiger partial charge on any atom is 0.287 e. The van der Waals surface area contributed by atoms with E-state index in [1.165, 1.54) is 6.07 Å². The lowest BCUT2D eigenvalue weighted by Gasteiger charge is -2.12. The van der Waals surface area contributed by atoms with Crippen LogP contribution in [0.1, 0.15) is 28.9 Å². The molecule has 1 amide bonds. The second kappa shape index (κ2) is 6.08. The molecule has 0 spiro atoms. The lowest BCUT2D eigenvalue weighted by atomic mass is 10.1. The Morgan fingerprint density at radius 3 is 2.87 bits per heavy atom. The Hall–Kier alpha value is -2.89. The van der Waals surface area contributed by atoms with E-state index in [1.54, 1.807) is 24.3 Å². The van der Waals surface area contributed by atoms with E-state index in [0.29, 0.717) is 17.4 Å². The van der Waals surface area contributed by atoms with Crippen LogP contribution in [0.3, 0.4) is 0 Å². The molecule has 0 saturated heterocycles. The summed E-state index contributed by atoms with van der Waals surface area (Å²) >= 11 is 0. The van der Waals surface area contributed by atoms with Gasteiger partial charge in [0.05, 0.1) is 11.1 Å². The number of nitrogens with one attached hydrogen (secondary N) is 2. The topological polar surface area (TPSA) is 88.0 Å². The van der Waals surface area contributed by atoms with Crippen LogP contribution in [0.4, 0.5) is 0 Å². The maximum atomic E-state index is 12.3. The molecule has 6 nitrogen and oxygen atoms in total. The molecule has 23 heavy (non-hydrogen) atoms. The highest BCUT2D eigenvalue weighted by Crippen LogP contribution is 2.12. The van der Waals surface area contributed by atoms with Gasteiger partial charge in [-0.25, -0.2) is 0 Å². The van der Waals surface area contributed by atoms with Gasteiger partial charge >= 0.3 is 0 Å². The number of aromatic nitrogens is 2. The van der Waals surface area contributed by atoms with Crippen molar-refractivity contribution in [3.63, 3.8) is 0 Å². The summed E-state index contributed by atoms with van der Waals surface area (Å²) in [5.74, 6) is -0.397. The summed E-state index contributed by atoms with van der Waals surface area (Å²) in [6.07, 6.45) is 0.591. The van der Waals surface area contributed by atoms with Crippen LogP contribution in [0.2, 0.25) is 0 Å². The molecular weight excluding hydrogens is 294 g/mol. The van der Waals surface area contributed by atoms with E-state index in [9.17, 15) is 9.59 Å². The molecule has 118 valence electrons. The number of H-pyrrole nitrogens is 1. The first-order valence-corrected chi connectivity index (χ1v) is 7.37. The molecule has 3 rings (SSSR count). The van der Waals surface area contributed by atoms with Crippen molar-refractivity contribution in [3.05, 3.63) is 63.8 Å². The molecule has 2 N–H and O–H groups in total. The molecule has 0 radical (unpaired) electrons. The number of benzene rings is 1. The highest BCUT2D eigenvalue weighted by molar-refractivity contribution is 5.93. The van der Waals surface area contributed by atoms with Crippen molar-refractivity contribution < 1.29 is 9.21 Å². The Balaban J connectivity index is 1.76. The summed E-state index contributed by atoms with van der Waals surface area (Å²) in [6.45, 7) is 3.80. The minimum atomic E-state index is -0.410. The van der Waals surface area contributed by atoms with Crippen molar-refractivity contribution in [1.29, 1.82) is 0 Å². The third-order valence-corrected chi connectivity index (χ3v) is 3.51. The van der Waals surface area contributed by atoms with Gasteiger partial charge in [-0.3, -0.25) is 14.7 Å². The third-order valence-electron chi connectivity index (χ3n) is 3.51. The molecule has 0 unspecified atom stereocenters. The largest absolute Gasteiger partial charge is 0.451 e. The van der Waals surface area contributed by atoms with Gasteiger partial charge in [-0.1, -0.05) is 12.1 Å². The van der Waals surface area contributed by atoms with Crippen molar-refractivity contribution in [3.8, 4) is 0 Å². The smallest absolute Gasteiger partial charge is 0.287 e. The van der Waals surface area contributed by atoms with Gasteiger partial charge in [-0.05, 0) is 32.0 Å². The number of rotatable bonds is 4. The third kappa shape index (κ3) is 3.31. The van der Waals surface area contributed by atoms with Gasteiger partial charge in [0, 0.05) is 24.2 Å². The van der Waals surface area contributed by atoms with Crippen LogP contribution in [0.25, 0.3) is 11.0 Å². The number of carbonyl (C=O) groups is 1. The second-order valence-electron chi connectivity index (χ2n) is 5.59. The van der Waals surface area contributed by atoms with E-state index in [-0.39, 0.29) is 17.2 Å². The first-order chi connectivity index (χ1) is 11.0. The molecule has 0 fully saturated rings. The quantitative estimate of drug-likeness (QED) is 0.773. The standard InChI is InChI=1S/C17H17N3O3/c1-10(7-12-8-11(2)19-20-12)18-17(22)16-9-14(21)13-5-3-4-6-15(13)23-16/h3-6,8-10H,7H2,1-2H3,(H,18,22)(H,19,20)/t10-/m0/s1. The first-order valence-electron chi connectivity index (χ1n) is 7.37. The van der Waals surface area contributed by atoms with Gasteiger partial charge in [0.2, 0.25) is 0 Å². The Bertz CT molecular complexity index is 911. The minimum Gasteiger partial charge on any atom is -0.451 e. The summed E-state index contributed by atoms with van der Waals surface area (Å²) in [7, 11) is 0. The fourth-order valence-electron chi connectivity index (χ4n) is 2.45. The predicted octanol–water partition coefficient (Wildman–Crippen LogP) is 2.19. The number of hydrogen-bond acceptors (Lipinski definition) is 4. The molecule has 0 aliphatic rings. The van der Waals surface area contributed by atoms with Gasteiger partial charge in [-0.2, -0.15) is 5.10 Å². The lowest BCUT2D eigenvalue weighted by Crippen LogP contribution is -2.34. The molecule has 0 aliphatic heterocycles. The average Bonchev–Trinajstić information content (AvgIpc) is 2.92. The number of para-hydroxylation sites is 1. The van der Waals surface area contributed by atoms with Gasteiger partial charge in [-0.15, -0.1) is 0 Å². The number of nitrogens with zero attached hydrogens (tertiary/aromatic N) is 1. The zero-order valence-electron chi connectivity index (χ0n) is 12.9. The van der Waals surface area contributed by atoms with E-state index >= 15 is 0 Å². The van der Waals surface area contributed by atoms with E-state index in [1.807, 2.05) is 19.9 Å². The number of aromatic amines is 1. The summed E-state index contributed by atoms with van der Waals surface area (Å²) in [6, 6.07) is 9.88. The minimum absolute atomic E-state index is 0.0127. The first kappa shape index (κ1) is 15.0. The van der Waals surface area contributed by atoms with Crippen LogP contribution in [-0.2, 0) is 6.42 Å². The second-order valence-corrected chi connectivity index (χ2v) is 5.59. The maximum absolute atomic E-state index is 12.3. The number of hydrogen-bond donors (Lipinski definition) is 2. The Labute approximate surface area is 132 Å². The van der Waals surface area contributed by atoms with E-state index in [2.05, 4.69) is 15.5 Å². The van der Waals surface area contributed by atoms with Crippen LogP contribution in [-0.4, -0.2) is 22.1 Å². The molecule has 0 saturated carbocycles. The normalized spacial score (nSPS) is 12.3. The van der Waals surface area contributed by atoms with Crippen LogP contribution >= 0.6 is 0 Å². The Morgan fingerprint density at radius 2 is 2.13 bits per heavy atom.